The van der Waals surface area contributed by atoms with E-state index in [1.165, 1.54) is 19.4 Å². The minimum absolute atomic E-state index is 0.0840. The van der Waals surface area contributed by atoms with Crippen molar-refractivity contribution in [2.24, 2.45) is 18.9 Å². The molecule has 0 N–H and O–H groups in total. The summed E-state index contributed by atoms with van der Waals surface area (Å²) in [6.07, 6.45) is 3.81. The van der Waals surface area contributed by atoms with Gasteiger partial charge in [-0.15, -0.1) is 0 Å². The van der Waals surface area contributed by atoms with Crippen molar-refractivity contribution in [1.29, 1.82) is 0 Å². The molecule has 1 aliphatic carbocycles. The van der Waals surface area contributed by atoms with Crippen LogP contribution in [-0.2, 0) is 7.05 Å². The third-order valence-corrected chi connectivity index (χ3v) is 5.96. The summed E-state index contributed by atoms with van der Waals surface area (Å²) in [5.74, 6) is 1.52. The zero-order valence-electron chi connectivity index (χ0n) is 16.2. The fourth-order valence-corrected chi connectivity index (χ4v) is 4.26. The number of carbonyl (C=O) groups is 1. The summed E-state index contributed by atoms with van der Waals surface area (Å²) in [6.45, 7) is 8.52. The van der Waals surface area contributed by atoms with Gasteiger partial charge in [0.15, 0.2) is 5.69 Å². The van der Waals surface area contributed by atoms with Crippen molar-refractivity contribution in [3.63, 3.8) is 0 Å². The molecule has 0 spiro atoms. The van der Waals surface area contributed by atoms with Crippen LogP contribution in [0.3, 0.4) is 0 Å². The molecule has 5 heteroatoms. The molecule has 4 rings (SSSR count). The third-order valence-electron chi connectivity index (χ3n) is 5.96. The van der Waals surface area contributed by atoms with E-state index in [2.05, 4.69) is 23.8 Å². The van der Waals surface area contributed by atoms with Crippen molar-refractivity contribution >= 4 is 16.8 Å². The Hall–Kier alpha value is -1.88. The average molecular weight is 354 g/mol. The van der Waals surface area contributed by atoms with E-state index >= 15 is 0 Å². The van der Waals surface area contributed by atoms with Gasteiger partial charge in [-0.05, 0) is 37.2 Å². The summed E-state index contributed by atoms with van der Waals surface area (Å²) in [6, 6.07) is 8.45. The zero-order valence-corrected chi connectivity index (χ0v) is 16.2. The van der Waals surface area contributed by atoms with Crippen molar-refractivity contribution in [2.45, 2.75) is 39.2 Å². The van der Waals surface area contributed by atoms with Crippen LogP contribution >= 0.6 is 0 Å². The first-order chi connectivity index (χ1) is 12.5. The predicted octanol–water partition coefficient (Wildman–Crippen LogP) is 3.16. The number of benzene rings is 1. The van der Waals surface area contributed by atoms with Gasteiger partial charge >= 0.3 is 0 Å². The van der Waals surface area contributed by atoms with Gasteiger partial charge in [0, 0.05) is 44.7 Å². The highest BCUT2D eigenvalue weighted by atomic mass is 16.2. The number of rotatable bonds is 4. The molecule has 0 unspecified atom stereocenters. The minimum atomic E-state index is 0.0840. The average Bonchev–Trinajstić information content (AvgIpc) is 3.41. The number of carbonyl (C=O) groups excluding carboxylic acids is 1. The lowest BCUT2D eigenvalue weighted by Crippen LogP contribution is -2.46. The highest BCUT2D eigenvalue weighted by Gasteiger charge is 2.34. The molecule has 1 amide bonds. The number of fused-ring (bicyclic) bond motifs is 1. The molecule has 140 valence electrons. The summed E-state index contributed by atoms with van der Waals surface area (Å²) >= 11 is 0. The zero-order chi connectivity index (χ0) is 18.3. The van der Waals surface area contributed by atoms with E-state index in [0.29, 0.717) is 17.7 Å². The molecule has 0 bridgehead atoms. The van der Waals surface area contributed by atoms with E-state index in [-0.39, 0.29) is 5.91 Å². The van der Waals surface area contributed by atoms with Gasteiger partial charge in [0.25, 0.3) is 5.91 Å². The molecule has 5 nitrogen and oxygen atoms in total. The van der Waals surface area contributed by atoms with Crippen molar-refractivity contribution in [3.8, 4) is 0 Å². The van der Waals surface area contributed by atoms with Gasteiger partial charge in [0.05, 0.1) is 5.52 Å². The van der Waals surface area contributed by atoms with Gasteiger partial charge in [0.2, 0.25) is 0 Å². The molecule has 1 aromatic carbocycles. The van der Waals surface area contributed by atoms with Crippen LogP contribution in [0, 0.1) is 11.8 Å². The molecule has 1 saturated heterocycles. The van der Waals surface area contributed by atoms with E-state index in [1.54, 1.807) is 0 Å². The van der Waals surface area contributed by atoms with Gasteiger partial charge in [-0.2, -0.15) is 5.10 Å². The molecule has 2 fully saturated rings. The number of hydrogen-bond acceptors (Lipinski definition) is 3. The molecule has 2 heterocycles. The molecule has 1 saturated carbocycles. The fourth-order valence-electron chi connectivity index (χ4n) is 4.26. The summed E-state index contributed by atoms with van der Waals surface area (Å²) in [5.41, 5.74) is 1.61. The summed E-state index contributed by atoms with van der Waals surface area (Å²) in [7, 11) is 1.91. The molecule has 1 aromatic heterocycles. The third kappa shape index (κ3) is 3.37. The summed E-state index contributed by atoms with van der Waals surface area (Å²) in [5, 5.41) is 5.51. The first-order valence-electron chi connectivity index (χ1n) is 9.99. The van der Waals surface area contributed by atoms with Crippen LogP contribution in [0.5, 0.6) is 0 Å². The van der Waals surface area contributed by atoms with Crippen molar-refractivity contribution in [3.05, 3.63) is 30.0 Å². The van der Waals surface area contributed by atoms with Crippen LogP contribution < -0.4 is 0 Å². The number of hydrogen-bond donors (Lipinski definition) is 0. The van der Waals surface area contributed by atoms with Gasteiger partial charge in [-0.25, -0.2) is 0 Å². The topological polar surface area (TPSA) is 41.4 Å². The lowest BCUT2D eigenvalue weighted by atomic mass is 10.0. The molecule has 2 aliphatic rings. The van der Waals surface area contributed by atoms with Crippen LogP contribution in [0.1, 0.15) is 43.6 Å². The Morgan fingerprint density at radius 3 is 2.73 bits per heavy atom. The van der Waals surface area contributed by atoms with Gasteiger partial charge < -0.3 is 4.90 Å². The maximum Gasteiger partial charge on any atom is 0.275 e. The Bertz CT molecular complexity index is 792. The fraction of sp³-hybridized carbons (Fsp3) is 0.619. The lowest BCUT2D eigenvalue weighted by Gasteiger charge is -2.34. The maximum atomic E-state index is 13.3. The van der Waals surface area contributed by atoms with E-state index < -0.39 is 0 Å². The number of para-hydroxylation sites is 1. The Morgan fingerprint density at radius 1 is 1.23 bits per heavy atom. The molecule has 2 aromatic rings. The van der Waals surface area contributed by atoms with Crippen LogP contribution in [0.4, 0.5) is 0 Å². The normalized spacial score (nSPS) is 22.2. The SMILES string of the molecule is CC(C)[C@H]1CN(C(=O)c2nn(C)c3ccccc23)CCCN1CC1CC1. The van der Waals surface area contributed by atoms with E-state index in [0.717, 1.165) is 42.9 Å². The highest BCUT2D eigenvalue weighted by Crippen LogP contribution is 2.32. The molecule has 1 atom stereocenters. The quantitative estimate of drug-likeness (QED) is 0.847. The number of aryl methyl sites for hydroxylation is 1. The van der Waals surface area contributed by atoms with Gasteiger partial charge in [-0.3, -0.25) is 14.4 Å². The van der Waals surface area contributed by atoms with Gasteiger partial charge in [0.1, 0.15) is 0 Å². The Labute approximate surface area is 155 Å². The molecule has 1 aliphatic heterocycles. The molecule has 26 heavy (non-hydrogen) atoms. The largest absolute Gasteiger partial charge is 0.336 e. The van der Waals surface area contributed by atoms with Crippen molar-refractivity contribution in [1.82, 2.24) is 19.6 Å². The number of nitrogens with zero attached hydrogens (tertiary/aromatic N) is 4. The minimum Gasteiger partial charge on any atom is -0.336 e. The number of aromatic nitrogens is 2. The van der Waals surface area contributed by atoms with Crippen LogP contribution in [-0.4, -0.2) is 57.7 Å². The molecular weight excluding hydrogens is 324 g/mol. The summed E-state index contributed by atoms with van der Waals surface area (Å²) < 4.78 is 1.82. The second-order valence-corrected chi connectivity index (χ2v) is 8.34. The monoisotopic (exact) mass is 354 g/mol. The van der Waals surface area contributed by atoms with E-state index in [9.17, 15) is 4.79 Å². The van der Waals surface area contributed by atoms with Crippen LogP contribution in [0.15, 0.2) is 24.3 Å². The first-order valence-corrected chi connectivity index (χ1v) is 9.99. The highest BCUT2D eigenvalue weighted by molar-refractivity contribution is 6.04. The van der Waals surface area contributed by atoms with Crippen LogP contribution in [0.25, 0.3) is 10.9 Å². The van der Waals surface area contributed by atoms with E-state index in [1.807, 2.05) is 40.9 Å². The standard InChI is InChI=1S/C21H30N4O/c1-15(2)19-14-25(12-6-11-24(19)13-16-9-10-16)21(26)20-17-7-4-5-8-18(17)23(3)22-20/h4-5,7-8,15-16,19H,6,9-14H2,1-3H3/t19-/m1/s1. The first kappa shape index (κ1) is 17.5. The maximum absolute atomic E-state index is 13.3. The smallest absolute Gasteiger partial charge is 0.275 e. The van der Waals surface area contributed by atoms with Crippen molar-refractivity contribution in [2.75, 3.05) is 26.2 Å². The molecular formula is C21H30N4O. The Morgan fingerprint density at radius 2 is 2.00 bits per heavy atom. The lowest BCUT2D eigenvalue weighted by molar-refractivity contribution is 0.0699. The molecule has 0 radical (unpaired) electrons. The van der Waals surface area contributed by atoms with Crippen molar-refractivity contribution < 1.29 is 4.79 Å². The van der Waals surface area contributed by atoms with Crippen LogP contribution in [0.2, 0.25) is 0 Å². The second kappa shape index (κ2) is 7.03. The Balaban J connectivity index is 1.58. The second-order valence-electron chi connectivity index (χ2n) is 8.34. The Kier molecular flexibility index (Phi) is 4.74. The summed E-state index contributed by atoms with van der Waals surface area (Å²) in [4.78, 5) is 18.0. The van der Waals surface area contributed by atoms with Gasteiger partial charge in [-0.1, -0.05) is 32.0 Å². The number of amides is 1. The van der Waals surface area contributed by atoms with E-state index in [4.69, 9.17) is 0 Å². The predicted molar refractivity (Wildman–Crippen MR) is 104 cm³/mol.